The van der Waals surface area contributed by atoms with Crippen LogP contribution in [0.2, 0.25) is 0 Å². The van der Waals surface area contributed by atoms with Crippen LogP contribution >= 0.6 is 11.3 Å². The van der Waals surface area contributed by atoms with E-state index >= 15 is 0 Å². The maximum absolute atomic E-state index is 12.3. The summed E-state index contributed by atoms with van der Waals surface area (Å²) < 4.78 is 27.1. The van der Waals surface area contributed by atoms with Crippen LogP contribution in [0.5, 0.6) is 0 Å². The van der Waals surface area contributed by atoms with Gasteiger partial charge in [-0.2, -0.15) is 0 Å². The van der Waals surface area contributed by atoms with Crippen molar-refractivity contribution in [3.8, 4) is 0 Å². The highest BCUT2D eigenvalue weighted by molar-refractivity contribution is 7.91. The lowest BCUT2D eigenvalue weighted by Crippen LogP contribution is -2.34. The van der Waals surface area contributed by atoms with Crippen LogP contribution < -0.4 is 4.72 Å². The Morgan fingerprint density at radius 1 is 1.39 bits per heavy atom. The van der Waals surface area contributed by atoms with Gasteiger partial charge in [0.1, 0.15) is 4.21 Å². The first-order valence-electron chi connectivity index (χ1n) is 6.99. The molecule has 0 radical (unpaired) electrons. The molecular weight excluding hydrogens is 336 g/mol. The van der Waals surface area contributed by atoms with Crippen molar-refractivity contribution in [3.63, 3.8) is 0 Å². The van der Waals surface area contributed by atoms with Crippen molar-refractivity contribution in [2.24, 2.45) is 5.92 Å². The van der Waals surface area contributed by atoms with E-state index in [2.05, 4.69) is 9.71 Å². The predicted molar refractivity (Wildman–Crippen MR) is 88.0 cm³/mol. The van der Waals surface area contributed by atoms with Gasteiger partial charge in [-0.05, 0) is 37.6 Å². The quantitative estimate of drug-likeness (QED) is 0.792. The van der Waals surface area contributed by atoms with Gasteiger partial charge >= 0.3 is 5.97 Å². The number of thiophene rings is 1. The Labute approximate surface area is 139 Å². The van der Waals surface area contributed by atoms with Crippen molar-refractivity contribution in [1.82, 2.24) is 9.71 Å². The molecule has 0 aromatic carbocycles. The number of carboxylic acids is 1. The fraction of sp³-hybridized carbons (Fsp3) is 0.333. The van der Waals surface area contributed by atoms with Crippen molar-refractivity contribution >= 4 is 27.3 Å². The van der Waals surface area contributed by atoms with E-state index in [-0.39, 0.29) is 17.2 Å². The van der Waals surface area contributed by atoms with E-state index in [0.29, 0.717) is 5.69 Å². The van der Waals surface area contributed by atoms with Gasteiger partial charge in [0.05, 0.1) is 5.92 Å². The zero-order valence-electron chi connectivity index (χ0n) is 12.8. The van der Waals surface area contributed by atoms with Gasteiger partial charge in [-0.1, -0.05) is 6.07 Å². The number of carboxylic acid groups (broad SMARTS) is 1. The molecule has 0 aliphatic carbocycles. The van der Waals surface area contributed by atoms with Crippen LogP contribution in [0.3, 0.4) is 0 Å². The molecule has 0 fully saturated rings. The van der Waals surface area contributed by atoms with Gasteiger partial charge in [-0.3, -0.25) is 9.78 Å². The first kappa shape index (κ1) is 17.6. The standard InChI is InChI=1S/C15H18N2O4S2/c1-10-7-14(22-11(10)2)23(20,21)17-9-12(15(18)19)8-13-5-3-4-6-16-13/h3-7,12,17H,8-9H2,1-2H3,(H,18,19). The fourth-order valence-electron chi connectivity index (χ4n) is 1.97. The van der Waals surface area contributed by atoms with E-state index in [9.17, 15) is 18.3 Å². The number of sulfonamides is 1. The molecule has 0 saturated heterocycles. The van der Waals surface area contributed by atoms with Crippen LogP contribution in [-0.2, 0) is 21.2 Å². The molecule has 8 heteroatoms. The van der Waals surface area contributed by atoms with Crippen LogP contribution in [0.1, 0.15) is 16.1 Å². The van der Waals surface area contributed by atoms with Crippen LogP contribution in [0.15, 0.2) is 34.7 Å². The highest BCUT2D eigenvalue weighted by atomic mass is 32.2. The third-order valence-electron chi connectivity index (χ3n) is 3.46. The van der Waals surface area contributed by atoms with Crippen molar-refractivity contribution in [2.45, 2.75) is 24.5 Å². The summed E-state index contributed by atoms with van der Waals surface area (Å²) in [6, 6.07) is 6.82. The molecule has 2 aromatic rings. The Morgan fingerprint density at radius 3 is 2.65 bits per heavy atom. The molecule has 0 spiro atoms. The highest BCUT2D eigenvalue weighted by Gasteiger charge is 2.24. The van der Waals surface area contributed by atoms with Crippen LogP contribution in [0.25, 0.3) is 0 Å². The first-order chi connectivity index (χ1) is 10.8. The van der Waals surface area contributed by atoms with E-state index in [1.54, 1.807) is 30.5 Å². The Morgan fingerprint density at radius 2 is 2.13 bits per heavy atom. The lowest BCUT2D eigenvalue weighted by Gasteiger charge is -2.12. The maximum atomic E-state index is 12.3. The lowest BCUT2D eigenvalue weighted by molar-refractivity contribution is -0.141. The van der Waals surface area contributed by atoms with Crippen LogP contribution in [0, 0.1) is 19.8 Å². The molecule has 0 bridgehead atoms. The van der Waals surface area contributed by atoms with Gasteiger partial charge in [-0.25, -0.2) is 13.1 Å². The Balaban J connectivity index is 2.07. The van der Waals surface area contributed by atoms with Gasteiger partial charge in [0.15, 0.2) is 0 Å². The minimum atomic E-state index is -3.70. The van der Waals surface area contributed by atoms with Crippen molar-refractivity contribution in [2.75, 3.05) is 6.54 Å². The molecular formula is C15H18N2O4S2. The maximum Gasteiger partial charge on any atom is 0.308 e. The smallest absolute Gasteiger partial charge is 0.308 e. The second kappa shape index (κ2) is 7.20. The summed E-state index contributed by atoms with van der Waals surface area (Å²) in [6.45, 7) is 3.51. The molecule has 124 valence electrons. The van der Waals surface area contributed by atoms with Crippen LogP contribution in [0.4, 0.5) is 0 Å². The molecule has 6 nitrogen and oxygen atoms in total. The number of hydrogen-bond donors (Lipinski definition) is 2. The van der Waals surface area contributed by atoms with Gasteiger partial charge in [0, 0.05) is 29.7 Å². The lowest BCUT2D eigenvalue weighted by atomic mass is 10.0. The zero-order valence-corrected chi connectivity index (χ0v) is 14.4. The summed E-state index contributed by atoms with van der Waals surface area (Å²) in [6.07, 6.45) is 1.75. The number of pyridine rings is 1. The molecule has 23 heavy (non-hydrogen) atoms. The molecule has 2 heterocycles. The summed E-state index contributed by atoms with van der Waals surface area (Å²) in [5, 5.41) is 9.29. The second-order valence-electron chi connectivity index (χ2n) is 5.22. The predicted octanol–water partition coefficient (Wildman–Crippen LogP) is 1.98. The van der Waals surface area contributed by atoms with E-state index in [0.717, 1.165) is 10.4 Å². The Hall–Kier alpha value is -1.77. The summed E-state index contributed by atoms with van der Waals surface area (Å²) in [4.78, 5) is 16.4. The average Bonchev–Trinajstić information content (AvgIpc) is 2.85. The normalized spacial score (nSPS) is 13.0. The SMILES string of the molecule is Cc1cc(S(=O)(=O)NCC(Cc2ccccn2)C(=O)O)sc1C. The number of nitrogens with zero attached hydrogens (tertiary/aromatic N) is 1. The minimum Gasteiger partial charge on any atom is -0.481 e. The van der Waals surface area contributed by atoms with E-state index in [1.165, 1.54) is 11.3 Å². The van der Waals surface area contributed by atoms with E-state index in [1.807, 2.05) is 13.8 Å². The monoisotopic (exact) mass is 354 g/mol. The molecule has 0 aliphatic rings. The van der Waals surface area contributed by atoms with Crippen molar-refractivity contribution in [1.29, 1.82) is 0 Å². The van der Waals surface area contributed by atoms with E-state index < -0.39 is 21.9 Å². The first-order valence-corrected chi connectivity index (χ1v) is 9.29. The third-order valence-corrected chi connectivity index (χ3v) is 6.51. The summed E-state index contributed by atoms with van der Waals surface area (Å²) in [7, 11) is -3.70. The van der Waals surface area contributed by atoms with Gasteiger partial charge in [0.2, 0.25) is 10.0 Å². The molecule has 1 unspecified atom stereocenters. The summed E-state index contributed by atoms with van der Waals surface area (Å²) in [5.41, 5.74) is 1.51. The number of rotatable bonds is 7. The third kappa shape index (κ3) is 4.60. The summed E-state index contributed by atoms with van der Waals surface area (Å²) in [5.74, 6) is -1.93. The van der Waals surface area contributed by atoms with Crippen molar-refractivity contribution < 1.29 is 18.3 Å². The Kier molecular flexibility index (Phi) is 5.51. The molecule has 2 aromatic heterocycles. The Bertz CT molecular complexity index is 766. The van der Waals surface area contributed by atoms with Crippen LogP contribution in [-0.4, -0.2) is 31.0 Å². The van der Waals surface area contributed by atoms with Gasteiger partial charge in [0.25, 0.3) is 0 Å². The average molecular weight is 354 g/mol. The number of aliphatic carboxylic acids is 1. The number of hydrogen-bond acceptors (Lipinski definition) is 5. The summed E-state index contributed by atoms with van der Waals surface area (Å²) >= 11 is 1.18. The second-order valence-corrected chi connectivity index (χ2v) is 8.47. The van der Waals surface area contributed by atoms with Crippen molar-refractivity contribution in [3.05, 3.63) is 46.6 Å². The molecule has 0 aliphatic heterocycles. The molecule has 2 rings (SSSR count). The number of aromatic nitrogens is 1. The number of aryl methyl sites for hydroxylation is 2. The topological polar surface area (TPSA) is 96.4 Å². The molecule has 0 saturated carbocycles. The largest absolute Gasteiger partial charge is 0.481 e. The molecule has 2 N–H and O–H groups in total. The fourth-order valence-corrected chi connectivity index (χ4v) is 4.61. The highest BCUT2D eigenvalue weighted by Crippen LogP contribution is 2.24. The van der Waals surface area contributed by atoms with Gasteiger partial charge in [-0.15, -0.1) is 11.3 Å². The molecule has 0 amide bonds. The van der Waals surface area contributed by atoms with Gasteiger partial charge < -0.3 is 5.11 Å². The van der Waals surface area contributed by atoms with E-state index in [4.69, 9.17) is 0 Å². The minimum absolute atomic E-state index is 0.168. The number of carbonyl (C=O) groups is 1. The molecule has 1 atom stereocenters. The number of nitrogens with one attached hydrogen (secondary N) is 1. The zero-order chi connectivity index (χ0) is 17.0.